The number of piperidine rings is 1. The first kappa shape index (κ1) is 18.3. The van der Waals surface area contributed by atoms with Crippen molar-refractivity contribution in [1.82, 2.24) is 4.90 Å². The second kappa shape index (κ2) is 15.0. The maximum atomic E-state index is 2.45. The lowest BCUT2D eigenvalue weighted by Crippen LogP contribution is -2.30. The van der Waals surface area contributed by atoms with Crippen molar-refractivity contribution in [2.75, 3.05) is 20.1 Å². The average Bonchev–Trinajstić information content (AvgIpc) is 2.37. The second-order valence-corrected chi connectivity index (χ2v) is 4.24. The van der Waals surface area contributed by atoms with Gasteiger partial charge in [0.15, 0.2) is 0 Å². The van der Waals surface area contributed by atoms with E-state index in [1.807, 2.05) is 27.7 Å². The number of likely N-dealkylation sites (tertiary alicyclic amines) is 1. The van der Waals surface area contributed by atoms with Crippen LogP contribution in [0.25, 0.3) is 0 Å². The van der Waals surface area contributed by atoms with Gasteiger partial charge in [-0.3, -0.25) is 0 Å². The van der Waals surface area contributed by atoms with Crippen LogP contribution in [0.4, 0.5) is 0 Å². The molecular formula is C15H35N. The fourth-order valence-electron chi connectivity index (χ4n) is 2.03. The van der Waals surface area contributed by atoms with E-state index >= 15 is 0 Å². The van der Waals surface area contributed by atoms with Gasteiger partial charge in [-0.1, -0.05) is 60.3 Å². The summed E-state index contributed by atoms with van der Waals surface area (Å²) in [5, 5.41) is 0. The molecule has 0 saturated carbocycles. The molecule has 0 bridgehead atoms. The average molecular weight is 229 g/mol. The van der Waals surface area contributed by atoms with Crippen LogP contribution in [0.1, 0.15) is 73.1 Å². The molecule has 0 spiro atoms. The summed E-state index contributed by atoms with van der Waals surface area (Å²) in [7, 11) is 2.24. The number of nitrogens with zero attached hydrogens (tertiary/aromatic N) is 1. The number of unbranched alkanes of at least 4 members (excludes halogenated alkanes) is 2. The molecule has 0 atom stereocenters. The van der Waals surface area contributed by atoms with Gasteiger partial charge in [0.25, 0.3) is 0 Å². The number of hydrogen-bond acceptors (Lipinski definition) is 1. The smallest absolute Gasteiger partial charge is 0.00191 e. The van der Waals surface area contributed by atoms with E-state index in [-0.39, 0.29) is 0 Å². The third-order valence-electron chi connectivity index (χ3n) is 3.05. The Hall–Kier alpha value is -0.0400. The minimum atomic E-state index is 1.05. The van der Waals surface area contributed by atoms with Crippen LogP contribution in [-0.2, 0) is 0 Å². The van der Waals surface area contributed by atoms with Gasteiger partial charge in [0.05, 0.1) is 0 Å². The highest BCUT2D eigenvalue weighted by molar-refractivity contribution is 4.69. The summed E-state index contributed by atoms with van der Waals surface area (Å²) in [5.74, 6) is 1.05. The van der Waals surface area contributed by atoms with E-state index < -0.39 is 0 Å². The van der Waals surface area contributed by atoms with E-state index in [9.17, 15) is 0 Å². The normalized spacial score (nSPS) is 16.9. The summed E-state index contributed by atoms with van der Waals surface area (Å²) in [5.41, 5.74) is 0. The molecule has 0 unspecified atom stereocenters. The molecule has 0 aromatic rings. The van der Waals surface area contributed by atoms with Crippen molar-refractivity contribution in [2.24, 2.45) is 5.92 Å². The highest BCUT2D eigenvalue weighted by Gasteiger charge is 2.15. The molecule has 1 heterocycles. The zero-order valence-corrected chi connectivity index (χ0v) is 12.7. The Morgan fingerprint density at radius 1 is 0.938 bits per heavy atom. The maximum absolute atomic E-state index is 2.45. The minimum Gasteiger partial charge on any atom is -0.306 e. The van der Waals surface area contributed by atoms with Gasteiger partial charge in [-0.15, -0.1) is 0 Å². The summed E-state index contributed by atoms with van der Waals surface area (Å²) in [6, 6.07) is 0. The lowest BCUT2D eigenvalue weighted by molar-refractivity contribution is 0.209. The van der Waals surface area contributed by atoms with Crippen molar-refractivity contribution >= 4 is 0 Å². The summed E-state index contributed by atoms with van der Waals surface area (Å²) in [6.07, 6.45) is 8.64. The molecule has 0 radical (unpaired) electrons. The summed E-state index contributed by atoms with van der Waals surface area (Å²) < 4.78 is 0. The van der Waals surface area contributed by atoms with Crippen molar-refractivity contribution in [3.8, 4) is 0 Å². The van der Waals surface area contributed by atoms with E-state index in [2.05, 4.69) is 18.9 Å². The highest BCUT2D eigenvalue weighted by Crippen LogP contribution is 2.21. The molecule has 1 aliphatic rings. The van der Waals surface area contributed by atoms with Gasteiger partial charge in [0.2, 0.25) is 0 Å². The molecule has 1 rings (SSSR count). The standard InChI is InChI=1S/C11H23N.2C2H6/c1-3-4-5-6-11-7-9-12(2)10-8-11;2*1-2/h11H,3-10H2,1-2H3;2*1-2H3. The van der Waals surface area contributed by atoms with Gasteiger partial charge in [0.1, 0.15) is 0 Å². The molecule has 1 nitrogen and oxygen atoms in total. The Morgan fingerprint density at radius 3 is 1.88 bits per heavy atom. The minimum absolute atomic E-state index is 1.05. The molecule has 0 amide bonds. The summed E-state index contributed by atoms with van der Waals surface area (Å²) in [6.45, 7) is 12.9. The Labute approximate surface area is 105 Å². The first-order valence-corrected chi connectivity index (χ1v) is 7.51. The SMILES string of the molecule is CC.CC.CCCCCC1CCN(C)CC1. The lowest BCUT2D eigenvalue weighted by atomic mass is 9.91. The van der Waals surface area contributed by atoms with Gasteiger partial charge >= 0.3 is 0 Å². The third-order valence-corrected chi connectivity index (χ3v) is 3.05. The predicted molar refractivity (Wildman–Crippen MR) is 77.1 cm³/mol. The molecule has 0 N–H and O–H groups in total. The first-order chi connectivity index (χ1) is 7.83. The van der Waals surface area contributed by atoms with Crippen LogP contribution < -0.4 is 0 Å². The lowest BCUT2D eigenvalue weighted by Gasteiger charge is -2.28. The van der Waals surface area contributed by atoms with E-state index in [1.165, 1.54) is 51.6 Å². The Morgan fingerprint density at radius 2 is 1.44 bits per heavy atom. The van der Waals surface area contributed by atoms with Crippen molar-refractivity contribution in [3.05, 3.63) is 0 Å². The summed E-state index contributed by atoms with van der Waals surface area (Å²) in [4.78, 5) is 2.45. The van der Waals surface area contributed by atoms with Crippen LogP contribution >= 0.6 is 0 Å². The first-order valence-electron chi connectivity index (χ1n) is 7.51. The van der Waals surface area contributed by atoms with Gasteiger partial charge < -0.3 is 4.90 Å². The Kier molecular flexibility index (Phi) is 17.1. The molecule has 1 fully saturated rings. The van der Waals surface area contributed by atoms with Crippen LogP contribution in [0.3, 0.4) is 0 Å². The van der Waals surface area contributed by atoms with Crippen LogP contribution in [0.5, 0.6) is 0 Å². The molecule has 0 aromatic carbocycles. The van der Waals surface area contributed by atoms with E-state index in [0.29, 0.717) is 0 Å². The van der Waals surface area contributed by atoms with Crippen molar-refractivity contribution in [2.45, 2.75) is 73.1 Å². The van der Waals surface area contributed by atoms with E-state index in [0.717, 1.165) is 5.92 Å². The zero-order valence-electron chi connectivity index (χ0n) is 12.7. The Bertz CT molecular complexity index is 104. The fourth-order valence-corrected chi connectivity index (χ4v) is 2.03. The zero-order chi connectivity index (χ0) is 12.8. The largest absolute Gasteiger partial charge is 0.306 e. The van der Waals surface area contributed by atoms with Crippen molar-refractivity contribution in [1.29, 1.82) is 0 Å². The molecular weight excluding hydrogens is 194 g/mol. The van der Waals surface area contributed by atoms with Crippen LogP contribution in [0.15, 0.2) is 0 Å². The van der Waals surface area contributed by atoms with E-state index in [4.69, 9.17) is 0 Å². The number of hydrogen-bond donors (Lipinski definition) is 0. The molecule has 0 aliphatic carbocycles. The van der Waals surface area contributed by atoms with Crippen LogP contribution in [0, 0.1) is 5.92 Å². The molecule has 100 valence electrons. The van der Waals surface area contributed by atoms with Crippen molar-refractivity contribution in [3.63, 3.8) is 0 Å². The van der Waals surface area contributed by atoms with Crippen LogP contribution in [-0.4, -0.2) is 25.0 Å². The molecule has 16 heavy (non-hydrogen) atoms. The van der Waals surface area contributed by atoms with E-state index in [1.54, 1.807) is 0 Å². The monoisotopic (exact) mass is 229 g/mol. The predicted octanol–water partition coefficient (Wildman–Crippen LogP) is 4.96. The summed E-state index contributed by atoms with van der Waals surface area (Å²) >= 11 is 0. The molecule has 1 heteroatoms. The van der Waals surface area contributed by atoms with Crippen molar-refractivity contribution < 1.29 is 0 Å². The second-order valence-electron chi connectivity index (χ2n) is 4.24. The third kappa shape index (κ3) is 10.5. The fraction of sp³-hybridized carbons (Fsp3) is 1.00. The topological polar surface area (TPSA) is 3.24 Å². The van der Waals surface area contributed by atoms with Crippen LogP contribution in [0.2, 0.25) is 0 Å². The molecule has 1 aliphatic heterocycles. The quantitative estimate of drug-likeness (QED) is 0.616. The molecule has 1 saturated heterocycles. The van der Waals surface area contributed by atoms with Gasteiger partial charge in [-0.2, -0.15) is 0 Å². The highest BCUT2D eigenvalue weighted by atomic mass is 15.1. The van der Waals surface area contributed by atoms with Gasteiger partial charge in [-0.05, 0) is 38.9 Å². The number of rotatable bonds is 4. The Balaban J connectivity index is 0. The molecule has 0 aromatic heterocycles. The van der Waals surface area contributed by atoms with Gasteiger partial charge in [-0.25, -0.2) is 0 Å². The maximum Gasteiger partial charge on any atom is -0.00191 e. The van der Waals surface area contributed by atoms with Gasteiger partial charge in [0, 0.05) is 0 Å².